The van der Waals surface area contributed by atoms with Crippen molar-refractivity contribution in [2.45, 2.75) is 43.5 Å². The van der Waals surface area contributed by atoms with E-state index in [0.717, 1.165) is 31.2 Å². The molecule has 0 heterocycles. The number of nitrogens with one attached hydrogen (secondary N) is 1. The van der Waals surface area contributed by atoms with Gasteiger partial charge in [0.15, 0.2) is 0 Å². The number of hydrogen-bond acceptors (Lipinski definition) is 3. The SMILES string of the molecule is Cc1ccc(S(=O)(=O)N(C)c2cccc(C(=O)NC3CCCC3)c2)cc1. The highest BCUT2D eigenvalue weighted by Gasteiger charge is 2.23. The third-order valence-electron chi connectivity index (χ3n) is 4.84. The Kier molecular flexibility index (Phi) is 5.32. The van der Waals surface area contributed by atoms with E-state index < -0.39 is 10.0 Å². The molecule has 0 spiro atoms. The smallest absolute Gasteiger partial charge is 0.264 e. The van der Waals surface area contributed by atoms with E-state index in [1.165, 1.54) is 11.4 Å². The molecule has 0 radical (unpaired) electrons. The summed E-state index contributed by atoms with van der Waals surface area (Å²) in [6.45, 7) is 1.91. The van der Waals surface area contributed by atoms with Crippen molar-refractivity contribution in [2.75, 3.05) is 11.4 Å². The van der Waals surface area contributed by atoms with Crippen LogP contribution in [-0.4, -0.2) is 27.4 Å². The van der Waals surface area contributed by atoms with E-state index >= 15 is 0 Å². The van der Waals surface area contributed by atoms with Gasteiger partial charge in [0.25, 0.3) is 15.9 Å². The summed E-state index contributed by atoms with van der Waals surface area (Å²) in [4.78, 5) is 12.7. The summed E-state index contributed by atoms with van der Waals surface area (Å²) in [7, 11) is -2.17. The van der Waals surface area contributed by atoms with Gasteiger partial charge in [0.05, 0.1) is 10.6 Å². The molecule has 6 heteroatoms. The first-order chi connectivity index (χ1) is 12.4. The van der Waals surface area contributed by atoms with Crippen LogP contribution in [0.4, 0.5) is 5.69 Å². The molecule has 0 aliphatic heterocycles. The third-order valence-corrected chi connectivity index (χ3v) is 6.64. The van der Waals surface area contributed by atoms with E-state index in [2.05, 4.69) is 5.32 Å². The zero-order chi connectivity index (χ0) is 18.7. The maximum atomic E-state index is 12.8. The Morgan fingerprint density at radius 3 is 2.38 bits per heavy atom. The summed E-state index contributed by atoms with van der Waals surface area (Å²) >= 11 is 0. The average Bonchev–Trinajstić information content (AvgIpc) is 3.14. The van der Waals surface area contributed by atoms with Crippen molar-refractivity contribution in [3.05, 3.63) is 59.7 Å². The second-order valence-corrected chi connectivity index (χ2v) is 8.76. The number of hydrogen-bond donors (Lipinski definition) is 1. The molecule has 1 amide bonds. The number of sulfonamides is 1. The average molecular weight is 372 g/mol. The van der Waals surface area contributed by atoms with E-state index in [-0.39, 0.29) is 16.8 Å². The number of carbonyl (C=O) groups excluding carboxylic acids is 1. The van der Waals surface area contributed by atoms with Crippen LogP contribution < -0.4 is 9.62 Å². The van der Waals surface area contributed by atoms with Crippen molar-refractivity contribution in [3.63, 3.8) is 0 Å². The Bertz CT molecular complexity index is 886. The predicted octanol–water partition coefficient (Wildman–Crippen LogP) is 3.49. The minimum atomic E-state index is -3.67. The fourth-order valence-electron chi connectivity index (χ4n) is 3.19. The highest BCUT2D eigenvalue weighted by Crippen LogP contribution is 2.24. The first-order valence-electron chi connectivity index (χ1n) is 8.84. The number of aryl methyl sites for hydroxylation is 1. The highest BCUT2D eigenvalue weighted by atomic mass is 32.2. The van der Waals surface area contributed by atoms with E-state index in [1.54, 1.807) is 48.5 Å². The topological polar surface area (TPSA) is 66.5 Å². The minimum Gasteiger partial charge on any atom is -0.349 e. The molecule has 0 saturated heterocycles. The van der Waals surface area contributed by atoms with Crippen LogP contribution in [0.15, 0.2) is 53.4 Å². The molecule has 1 fully saturated rings. The van der Waals surface area contributed by atoms with Crippen LogP contribution in [0.25, 0.3) is 0 Å². The molecular formula is C20H24N2O3S. The monoisotopic (exact) mass is 372 g/mol. The van der Waals surface area contributed by atoms with Crippen LogP contribution >= 0.6 is 0 Å². The summed E-state index contributed by atoms with van der Waals surface area (Å²) in [5.74, 6) is -0.153. The molecule has 1 N–H and O–H groups in total. The van der Waals surface area contributed by atoms with Crippen LogP contribution in [0.5, 0.6) is 0 Å². The van der Waals surface area contributed by atoms with Gasteiger partial charge >= 0.3 is 0 Å². The lowest BCUT2D eigenvalue weighted by Gasteiger charge is -2.20. The largest absolute Gasteiger partial charge is 0.349 e. The van der Waals surface area contributed by atoms with E-state index in [1.807, 2.05) is 6.92 Å². The van der Waals surface area contributed by atoms with Gasteiger partial charge in [-0.15, -0.1) is 0 Å². The second kappa shape index (κ2) is 7.50. The van der Waals surface area contributed by atoms with E-state index in [4.69, 9.17) is 0 Å². The van der Waals surface area contributed by atoms with Crippen molar-refractivity contribution < 1.29 is 13.2 Å². The lowest BCUT2D eigenvalue weighted by atomic mass is 10.1. The molecule has 1 aliphatic rings. The van der Waals surface area contributed by atoms with Gasteiger partial charge in [-0.05, 0) is 50.1 Å². The molecule has 0 bridgehead atoms. The molecule has 2 aromatic rings. The molecule has 1 saturated carbocycles. The standard InChI is InChI=1S/C20H24N2O3S/c1-15-10-12-19(13-11-15)26(24,25)22(2)18-9-5-6-16(14-18)20(23)21-17-7-3-4-8-17/h5-6,9-14,17H,3-4,7-8H2,1-2H3,(H,21,23). The van der Waals surface area contributed by atoms with Crippen molar-refractivity contribution in [1.82, 2.24) is 5.32 Å². The second-order valence-electron chi connectivity index (χ2n) is 6.79. The third kappa shape index (κ3) is 3.90. The van der Waals surface area contributed by atoms with Crippen molar-refractivity contribution in [1.29, 1.82) is 0 Å². The maximum absolute atomic E-state index is 12.8. The van der Waals surface area contributed by atoms with Crippen LogP contribution in [0.3, 0.4) is 0 Å². The predicted molar refractivity (Wildman–Crippen MR) is 103 cm³/mol. The maximum Gasteiger partial charge on any atom is 0.264 e. The fourth-order valence-corrected chi connectivity index (χ4v) is 4.38. The summed E-state index contributed by atoms with van der Waals surface area (Å²) in [6.07, 6.45) is 4.30. The molecule has 26 heavy (non-hydrogen) atoms. The lowest BCUT2D eigenvalue weighted by molar-refractivity contribution is 0.0938. The summed E-state index contributed by atoms with van der Waals surface area (Å²) < 4.78 is 26.9. The fraction of sp³-hybridized carbons (Fsp3) is 0.350. The molecule has 5 nitrogen and oxygen atoms in total. The van der Waals surface area contributed by atoms with E-state index in [9.17, 15) is 13.2 Å². The first kappa shape index (κ1) is 18.5. The summed E-state index contributed by atoms with van der Waals surface area (Å²) in [5.41, 5.74) is 1.93. The number of amides is 1. The van der Waals surface area contributed by atoms with Crippen LogP contribution in [0.1, 0.15) is 41.6 Å². The number of anilines is 1. The van der Waals surface area contributed by atoms with Gasteiger partial charge in [-0.25, -0.2) is 8.42 Å². The van der Waals surface area contributed by atoms with Crippen LogP contribution in [0.2, 0.25) is 0 Å². The Hall–Kier alpha value is -2.34. The summed E-state index contributed by atoms with van der Waals surface area (Å²) in [6, 6.07) is 13.7. The quantitative estimate of drug-likeness (QED) is 0.874. The molecule has 3 rings (SSSR count). The number of carbonyl (C=O) groups is 1. The molecule has 0 aromatic heterocycles. The number of nitrogens with zero attached hydrogens (tertiary/aromatic N) is 1. The molecule has 0 atom stereocenters. The Balaban J connectivity index is 1.82. The number of rotatable bonds is 5. The van der Waals surface area contributed by atoms with Gasteiger partial charge < -0.3 is 5.32 Å². The molecular weight excluding hydrogens is 348 g/mol. The van der Waals surface area contributed by atoms with E-state index in [0.29, 0.717) is 11.3 Å². The Labute approximate surface area is 155 Å². The molecule has 1 aliphatic carbocycles. The van der Waals surface area contributed by atoms with Gasteiger partial charge in [-0.2, -0.15) is 0 Å². The number of benzene rings is 2. The normalized spacial score (nSPS) is 15.0. The van der Waals surface area contributed by atoms with Crippen molar-refractivity contribution in [2.24, 2.45) is 0 Å². The van der Waals surface area contributed by atoms with Crippen LogP contribution in [-0.2, 0) is 10.0 Å². The first-order valence-corrected chi connectivity index (χ1v) is 10.3. The minimum absolute atomic E-state index is 0.153. The highest BCUT2D eigenvalue weighted by molar-refractivity contribution is 7.92. The van der Waals surface area contributed by atoms with Crippen LogP contribution in [0, 0.1) is 6.92 Å². The van der Waals surface area contributed by atoms with Gasteiger partial charge in [-0.1, -0.05) is 36.6 Å². The molecule has 138 valence electrons. The van der Waals surface area contributed by atoms with Crippen molar-refractivity contribution >= 4 is 21.6 Å². The Morgan fingerprint density at radius 2 is 1.73 bits per heavy atom. The summed E-state index contributed by atoms with van der Waals surface area (Å²) in [5, 5.41) is 3.03. The lowest BCUT2D eigenvalue weighted by Crippen LogP contribution is -2.33. The van der Waals surface area contributed by atoms with Gasteiger partial charge in [0.2, 0.25) is 0 Å². The van der Waals surface area contributed by atoms with Gasteiger partial charge in [0.1, 0.15) is 0 Å². The zero-order valence-corrected chi connectivity index (χ0v) is 15.9. The zero-order valence-electron chi connectivity index (χ0n) is 15.1. The van der Waals surface area contributed by atoms with Gasteiger partial charge in [0, 0.05) is 18.7 Å². The molecule has 2 aromatic carbocycles. The Morgan fingerprint density at radius 1 is 1.08 bits per heavy atom. The van der Waals surface area contributed by atoms with Gasteiger partial charge in [-0.3, -0.25) is 9.10 Å². The van der Waals surface area contributed by atoms with Crippen molar-refractivity contribution in [3.8, 4) is 0 Å². The molecule has 0 unspecified atom stereocenters.